The standard InChI is InChI=1S/C12H12N2O/c1-8-11(7-14-12(8)9(2)15)10-3-5-13-6-4-10/h3-7,14H,1-2H3. The minimum Gasteiger partial charge on any atom is -0.358 e. The SMILES string of the molecule is CC(=O)c1[nH]cc(-c2ccncc2)c1C. The zero-order valence-corrected chi connectivity index (χ0v) is 8.74. The van der Waals surface area contributed by atoms with Gasteiger partial charge in [-0.2, -0.15) is 0 Å². The molecule has 0 bridgehead atoms. The average Bonchev–Trinajstić information content (AvgIpc) is 2.61. The molecule has 2 aromatic heterocycles. The monoisotopic (exact) mass is 200 g/mol. The molecule has 2 heterocycles. The molecule has 0 saturated carbocycles. The number of rotatable bonds is 2. The van der Waals surface area contributed by atoms with Crippen LogP contribution >= 0.6 is 0 Å². The molecule has 1 N–H and O–H groups in total. The van der Waals surface area contributed by atoms with E-state index in [2.05, 4.69) is 9.97 Å². The van der Waals surface area contributed by atoms with E-state index in [1.54, 1.807) is 19.3 Å². The van der Waals surface area contributed by atoms with Gasteiger partial charge in [-0.3, -0.25) is 9.78 Å². The maximum absolute atomic E-state index is 11.3. The Hall–Kier alpha value is -1.90. The summed E-state index contributed by atoms with van der Waals surface area (Å²) in [4.78, 5) is 18.2. The Bertz CT molecular complexity index is 486. The van der Waals surface area contributed by atoms with E-state index < -0.39 is 0 Å². The number of carbonyl (C=O) groups excluding carboxylic acids is 1. The number of ketones is 1. The fourth-order valence-electron chi connectivity index (χ4n) is 1.69. The number of aromatic nitrogens is 2. The smallest absolute Gasteiger partial charge is 0.176 e. The first-order valence-electron chi connectivity index (χ1n) is 4.79. The highest BCUT2D eigenvalue weighted by molar-refractivity contribution is 5.95. The lowest BCUT2D eigenvalue weighted by Gasteiger charge is -1.99. The molecule has 0 aromatic carbocycles. The Labute approximate surface area is 88.2 Å². The van der Waals surface area contributed by atoms with Crippen LogP contribution in [0.5, 0.6) is 0 Å². The van der Waals surface area contributed by atoms with Crippen LogP contribution in [0, 0.1) is 6.92 Å². The van der Waals surface area contributed by atoms with Crippen LogP contribution in [-0.4, -0.2) is 15.8 Å². The third-order valence-electron chi connectivity index (χ3n) is 2.48. The first kappa shape index (κ1) is 9.65. The fraction of sp³-hybridized carbons (Fsp3) is 0.167. The van der Waals surface area contributed by atoms with Crippen LogP contribution in [0.25, 0.3) is 11.1 Å². The number of aromatic amines is 1. The van der Waals surface area contributed by atoms with Gasteiger partial charge in [0.1, 0.15) is 0 Å². The van der Waals surface area contributed by atoms with Crippen molar-refractivity contribution in [3.63, 3.8) is 0 Å². The minimum atomic E-state index is 0.0628. The molecule has 0 aliphatic rings. The summed E-state index contributed by atoms with van der Waals surface area (Å²) < 4.78 is 0. The number of nitrogens with zero attached hydrogens (tertiary/aromatic N) is 1. The summed E-state index contributed by atoms with van der Waals surface area (Å²) in [6.45, 7) is 3.51. The number of pyridine rings is 1. The van der Waals surface area contributed by atoms with Crippen LogP contribution in [0.2, 0.25) is 0 Å². The second-order valence-electron chi connectivity index (χ2n) is 3.49. The lowest BCUT2D eigenvalue weighted by Crippen LogP contribution is -1.94. The summed E-state index contributed by atoms with van der Waals surface area (Å²) in [5.41, 5.74) is 3.81. The molecule has 15 heavy (non-hydrogen) atoms. The predicted molar refractivity (Wildman–Crippen MR) is 58.8 cm³/mol. The Morgan fingerprint density at radius 3 is 2.53 bits per heavy atom. The van der Waals surface area contributed by atoms with Crippen LogP contribution in [0.3, 0.4) is 0 Å². The van der Waals surface area contributed by atoms with Crippen molar-refractivity contribution in [2.75, 3.05) is 0 Å². The molecule has 0 atom stereocenters. The van der Waals surface area contributed by atoms with E-state index in [9.17, 15) is 4.79 Å². The molecule has 0 amide bonds. The molecule has 2 rings (SSSR count). The maximum atomic E-state index is 11.3. The lowest BCUT2D eigenvalue weighted by molar-refractivity contribution is 0.101. The first-order valence-corrected chi connectivity index (χ1v) is 4.79. The molecule has 0 spiro atoms. The van der Waals surface area contributed by atoms with Crippen LogP contribution in [0.4, 0.5) is 0 Å². The first-order chi connectivity index (χ1) is 7.20. The quantitative estimate of drug-likeness (QED) is 0.757. The molecule has 0 fully saturated rings. The van der Waals surface area contributed by atoms with Gasteiger partial charge in [0, 0.05) is 31.1 Å². The zero-order valence-electron chi connectivity index (χ0n) is 8.74. The van der Waals surface area contributed by atoms with Gasteiger partial charge in [-0.1, -0.05) is 0 Å². The molecule has 0 radical (unpaired) electrons. The largest absolute Gasteiger partial charge is 0.358 e. The summed E-state index contributed by atoms with van der Waals surface area (Å²) in [6, 6.07) is 3.86. The maximum Gasteiger partial charge on any atom is 0.176 e. The van der Waals surface area contributed by atoms with Crippen molar-refractivity contribution in [3.05, 3.63) is 42.0 Å². The van der Waals surface area contributed by atoms with Crippen molar-refractivity contribution in [3.8, 4) is 11.1 Å². The Balaban J connectivity index is 2.52. The highest BCUT2D eigenvalue weighted by atomic mass is 16.1. The Morgan fingerprint density at radius 2 is 2.00 bits per heavy atom. The van der Waals surface area contributed by atoms with Crippen molar-refractivity contribution in [2.24, 2.45) is 0 Å². The number of nitrogens with one attached hydrogen (secondary N) is 1. The topological polar surface area (TPSA) is 45.8 Å². The third-order valence-corrected chi connectivity index (χ3v) is 2.48. The van der Waals surface area contributed by atoms with Gasteiger partial charge < -0.3 is 4.98 Å². The van der Waals surface area contributed by atoms with E-state index in [0.717, 1.165) is 16.7 Å². The second kappa shape index (κ2) is 3.69. The van der Waals surface area contributed by atoms with Crippen molar-refractivity contribution < 1.29 is 4.79 Å². The summed E-state index contributed by atoms with van der Waals surface area (Å²) in [6.07, 6.45) is 5.35. The van der Waals surface area contributed by atoms with Gasteiger partial charge in [0.05, 0.1) is 5.69 Å². The van der Waals surface area contributed by atoms with Crippen molar-refractivity contribution in [1.29, 1.82) is 0 Å². The molecule has 2 aromatic rings. The highest BCUT2D eigenvalue weighted by Crippen LogP contribution is 2.24. The van der Waals surface area contributed by atoms with E-state index in [4.69, 9.17) is 0 Å². The molecule has 3 heteroatoms. The van der Waals surface area contributed by atoms with E-state index in [1.807, 2.05) is 25.3 Å². The van der Waals surface area contributed by atoms with Crippen molar-refractivity contribution in [1.82, 2.24) is 9.97 Å². The molecule has 0 unspecified atom stereocenters. The van der Waals surface area contributed by atoms with E-state index in [-0.39, 0.29) is 5.78 Å². The number of carbonyl (C=O) groups is 1. The zero-order chi connectivity index (χ0) is 10.8. The number of Topliss-reactive ketones (excluding diaryl/α,β-unsaturated/α-hetero) is 1. The third kappa shape index (κ3) is 1.68. The van der Waals surface area contributed by atoms with Crippen LogP contribution in [0.1, 0.15) is 23.0 Å². The Kier molecular flexibility index (Phi) is 2.37. The molecule has 0 saturated heterocycles. The second-order valence-corrected chi connectivity index (χ2v) is 3.49. The fourth-order valence-corrected chi connectivity index (χ4v) is 1.69. The summed E-state index contributed by atoms with van der Waals surface area (Å²) >= 11 is 0. The molecule has 0 aliphatic carbocycles. The molecule has 76 valence electrons. The van der Waals surface area contributed by atoms with Gasteiger partial charge >= 0.3 is 0 Å². The van der Waals surface area contributed by atoms with E-state index in [0.29, 0.717) is 5.69 Å². The average molecular weight is 200 g/mol. The van der Waals surface area contributed by atoms with Crippen LogP contribution in [0.15, 0.2) is 30.7 Å². The van der Waals surface area contributed by atoms with Crippen LogP contribution in [-0.2, 0) is 0 Å². The van der Waals surface area contributed by atoms with Gasteiger partial charge in [0.15, 0.2) is 5.78 Å². The summed E-state index contributed by atoms with van der Waals surface area (Å²) in [7, 11) is 0. The normalized spacial score (nSPS) is 10.3. The molecule has 3 nitrogen and oxygen atoms in total. The van der Waals surface area contributed by atoms with Gasteiger partial charge in [0.25, 0.3) is 0 Å². The number of hydrogen-bond acceptors (Lipinski definition) is 2. The number of H-pyrrole nitrogens is 1. The van der Waals surface area contributed by atoms with Crippen molar-refractivity contribution >= 4 is 5.78 Å². The van der Waals surface area contributed by atoms with Gasteiger partial charge in [0.2, 0.25) is 0 Å². The Morgan fingerprint density at radius 1 is 1.33 bits per heavy atom. The molecule has 0 aliphatic heterocycles. The van der Waals surface area contributed by atoms with Crippen molar-refractivity contribution in [2.45, 2.75) is 13.8 Å². The van der Waals surface area contributed by atoms with E-state index in [1.165, 1.54) is 0 Å². The number of hydrogen-bond donors (Lipinski definition) is 1. The van der Waals surface area contributed by atoms with Gasteiger partial charge in [-0.15, -0.1) is 0 Å². The molecular weight excluding hydrogens is 188 g/mol. The highest BCUT2D eigenvalue weighted by Gasteiger charge is 2.11. The molecular formula is C12H12N2O. The summed E-state index contributed by atoms with van der Waals surface area (Å²) in [5.74, 6) is 0.0628. The summed E-state index contributed by atoms with van der Waals surface area (Å²) in [5, 5.41) is 0. The lowest BCUT2D eigenvalue weighted by atomic mass is 10.0. The van der Waals surface area contributed by atoms with Gasteiger partial charge in [-0.25, -0.2) is 0 Å². The van der Waals surface area contributed by atoms with Crippen LogP contribution < -0.4 is 0 Å². The van der Waals surface area contributed by atoms with E-state index >= 15 is 0 Å². The minimum absolute atomic E-state index is 0.0628. The predicted octanol–water partition coefficient (Wildman–Crippen LogP) is 2.59. The van der Waals surface area contributed by atoms with Gasteiger partial charge in [-0.05, 0) is 30.2 Å².